The normalized spacial score (nSPS) is 12.0. The van der Waals surface area contributed by atoms with Gasteiger partial charge in [-0.3, -0.25) is 4.99 Å². The van der Waals surface area contributed by atoms with Gasteiger partial charge in [-0.2, -0.15) is 0 Å². The first-order valence-corrected chi connectivity index (χ1v) is 10.1. The standard InChI is InChI=1S/C19H31N5OS.HI/c1-7-14-13(15(8-2)25-24-14)11-22-18(20-6)21-10-9-17-23-16(12-26-17)19(3,4)5;/h12H,7-11H2,1-6H3,(H2,20,21,22);1H. The lowest BCUT2D eigenvalue weighted by Gasteiger charge is -2.14. The Hall–Kier alpha value is -1.16. The van der Waals surface area contributed by atoms with Crippen LogP contribution in [0.3, 0.4) is 0 Å². The van der Waals surface area contributed by atoms with Crippen LogP contribution < -0.4 is 10.6 Å². The molecule has 2 rings (SSSR count). The Morgan fingerprint density at radius 1 is 1.22 bits per heavy atom. The fraction of sp³-hybridized carbons (Fsp3) is 0.632. The Bertz CT molecular complexity index is 711. The van der Waals surface area contributed by atoms with Crippen LogP contribution in [0.5, 0.6) is 0 Å². The predicted molar refractivity (Wildman–Crippen MR) is 123 cm³/mol. The Kier molecular flexibility index (Phi) is 9.72. The van der Waals surface area contributed by atoms with Crippen molar-refractivity contribution in [3.05, 3.63) is 33.1 Å². The number of nitrogens with one attached hydrogen (secondary N) is 2. The van der Waals surface area contributed by atoms with Gasteiger partial charge in [0.2, 0.25) is 0 Å². The molecule has 2 heterocycles. The summed E-state index contributed by atoms with van der Waals surface area (Å²) in [5, 5.41) is 14.2. The molecule has 0 aromatic carbocycles. The highest BCUT2D eigenvalue weighted by molar-refractivity contribution is 14.0. The van der Waals surface area contributed by atoms with Crippen molar-refractivity contribution >= 4 is 41.3 Å². The summed E-state index contributed by atoms with van der Waals surface area (Å²) in [7, 11) is 1.78. The van der Waals surface area contributed by atoms with Crippen LogP contribution in [-0.4, -0.2) is 29.7 Å². The molecule has 0 spiro atoms. The molecular weight excluding hydrogens is 473 g/mol. The number of rotatable bonds is 7. The molecule has 0 aliphatic heterocycles. The molecule has 0 bridgehead atoms. The van der Waals surface area contributed by atoms with Crippen molar-refractivity contribution in [3.63, 3.8) is 0 Å². The van der Waals surface area contributed by atoms with Crippen LogP contribution in [-0.2, 0) is 31.2 Å². The third-order valence-corrected chi connectivity index (χ3v) is 5.12. The molecule has 0 aliphatic rings. The second-order valence-corrected chi connectivity index (χ2v) is 8.16. The Balaban J connectivity index is 0.00000364. The lowest BCUT2D eigenvalue weighted by molar-refractivity contribution is 0.380. The summed E-state index contributed by atoms with van der Waals surface area (Å²) in [5.74, 6) is 1.73. The minimum absolute atomic E-state index is 0. The summed E-state index contributed by atoms with van der Waals surface area (Å²) in [6.07, 6.45) is 2.60. The lowest BCUT2D eigenvalue weighted by atomic mass is 9.93. The Morgan fingerprint density at radius 2 is 1.96 bits per heavy atom. The summed E-state index contributed by atoms with van der Waals surface area (Å²) < 4.78 is 5.41. The molecule has 2 aromatic rings. The van der Waals surface area contributed by atoms with Gasteiger partial charge in [0.15, 0.2) is 5.96 Å². The average Bonchev–Trinajstić information content (AvgIpc) is 3.23. The van der Waals surface area contributed by atoms with Crippen molar-refractivity contribution in [1.82, 2.24) is 20.8 Å². The van der Waals surface area contributed by atoms with Crippen LogP contribution in [0.15, 0.2) is 14.9 Å². The smallest absolute Gasteiger partial charge is 0.191 e. The lowest BCUT2D eigenvalue weighted by Crippen LogP contribution is -2.38. The highest BCUT2D eigenvalue weighted by atomic mass is 127. The van der Waals surface area contributed by atoms with E-state index in [1.807, 2.05) is 0 Å². The average molecular weight is 505 g/mol. The Morgan fingerprint density at radius 3 is 2.52 bits per heavy atom. The number of halogens is 1. The number of aromatic nitrogens is 2. The second kappa shape index (κ2) is 11.0. The van der Waals surface area contributed by atoms with Crippen LogP contribution in [0.2, 0.25) is 0 Å². The fourth-order valence-corrected chi connectivity index (χ4v) is 3.61. The van der Waals surface area contributed by atoms with Crippen molar-refractivity contribution in [2.24, 2.45) is 4.99 Å². The monoisotopic (exact) mass is 505 g/mol. The number of nitrogens with zero attached hydrogens (tertiary/aromatic N) is 3. The molecule has 27 heavy (non-hydrogen) atoms. The van der Waals surface area contributed by atoms with Crippen LogP contribution in [0.1, 0.15) is 62.3 Å². The summed E-state index contributed by atoms with van der Waals surface area (Å²) in [5.41, 5.74) is 3.42. The van der Waals surface area contributed by atoms with Gasteiger partial charge in [0.05, 0.1) is 16.4 Å². The molecule has 0 amide bonds. The molecule has 2 aromatic heterocycles. The van der Waals surface area contributed by atoms with Crippen molar-refractivity contribution in [3.8, 4) is 0 Å². The van der Waals surface area contributed by atoms with E-state index in [9.17, 15) is 0 Å². The third kappa shape index (κ3) is 6.74. The van der Waals surface area contributed by atoms with Crippen molar-refractivity contribution in [1.29, 1.82) is 0 Å². The molecule has 0 aliphatic carbocycles. The molecular formula is C19H32IN5OS. The van der Waals surface area contributed by atoms with Gasteiger partial charge in [-0.15, -0.1) is 35.3 Å². The summed E-state index contributed by atoms with van der Waals surface area (Å²) in [6, 6.07) is 0. The zero-order valence-corrected chi connectivity index (χ0v) is 20.3. The zero-order chi connectivity index (χ0) is 19.2. The van der Waals surface area contributed by atoms with E-state index in [0.29, 0.717) is 6.54 Å². The molecule has 6 nitrogen and oxygen atoms in total. The molecule has 0 atom stereocenters. The fourth-order valence-electron chi connectivity index (χ4n) is 2.59. The number of thiazole rings is 1. The van der Waals surface area contributed by atoms with Crippen LogP contribution >= 0.6 is 35.3 Å². The minimum Gasteiger partial charge on any atom is -0.361 e. The molecule has 0 saturated heterocycles. The number of hydrogen-bond donors (Lipinski definition) is 2. The summed E-state index contributed by atoms with van der Waals surface area (Å²) in [6.45, 7) is 12.2. The molecule has 0 saturated carbocycles. The van der Waals surface area contributed by atoms with E-state index in [0.717, 1.165) is 59.5 Å². The molecule has 0 unspecified atom stereocenters. The van der Waals surface area contributed by atoms with E-state index in [-0.39, 0.29) is 29.4 Å². The summed E-state index contributed by atoms with van der Waals surface area (Å²) >= 11 is 1.72. The van der Waals surface area contributed by atoms with Crippen LogP contribution in [0, 0.1) is 0 Å². The molecule has 152 valence electrons. The topological polar surface area (TPSA) is 75.3 Å². The third-order valence-electron chi connectivity index (χ3n) is 4.21. The quantitative estimate of drug-likeness (QED) is 0.337. The number of hydrogen-bond acceptors (Lipinski definition) is 5. The zero-order valence-electron chi connectivity index (χ0n) is 17.2. The first-order chi connectivity index (χ1) is 12.4. The minimum atomic E-state index is 0. The van der Waals surface area contributed by atoms with E-state index >= 15 is 0 Å². The van der Waals surface area contributed by atoms with Gasteiger partial charge in [-0.05, 0) is 6.42 Å². The molecule has 8 heteroatoms. The van der Waals surface area contributed by atoms with Gasteiger partial charge in [-0.1, -0.05) is 39.8 Å². The van der Waals surface area contributed by atoms with Crippen molar-refractivity contribution in [2.45, 2.75) is 65.8 Å². The maximum absolute atomic E-state index is 5.41. The maximum Gasteiger partial charge on any atom is 0.191 e. The summed E-state index contributed by atoms with van der Waals surface area (Å²) in [4.78, 5) is 9.03. The van der Waals surface area contributed by atoms with Crippen LogP contribution in [0.4, 0.5) is 0 Å². The molecule has 0 fully saturated rings. The highest BCUT2D eigenvalue weighted by Crippen LogP contribution is 2.23. The van der Waals surface area contributed by atoms with E-state index < -0.39 is 0 Å². The van der Waals surface area contributed by atoms with E-state index in [4.69, 9.17) is 9.51 Å². The second-order valence-electron chi connectivity index (χ2n) is 7.22. The van der Waals surface area contributed by atoms with E-state index in [1.165, 1.54) is 0 Å². The van der Waals surface area contributed by atoms with Crippen LogP contribution in [0.25, 0.3) is 0 Å². The van der Waals surface area contributed by atoms with Gasteiger partial charge in [-0.25, -0.2) is 4.98 Å². The van der Waals surface area contributed by atoms with Gasteiger partial charge in [0.1, 0.15) is 5.76 Å². The highest BCUT2D eigenvalue weighted by Gasteiger charge is 2.17. The maximum atomic E-state index is 5.41. The van der Waals surface area contributed by atoms with Gasteiger partial charge < -0.3 is 15.2 Å². The van der Waals surface area contributed by atoms with Gasteiger partial charge in [0, 0.05) is 49.3 Å². The largest absolute Gasteiger partial charge is 0.361 e. The van der Waals surface area contributed by atoms with E-state index in [1.54, 1.807) is 18.4 Å². The first-order valence-electron chi connectivity index (χ1n) is 9.24. The van der Waals surface area contributed by atoms with Crippen molar-refractivity contribution in [2.75, 3.05) is 13.6 Å². The number of guanidine groups is 1. The number of aryl methyl sites for hydroxylation is 2. The van der Waals surface area contributed by atoms with Gasteiger partial charge >= 0.3 is 0 Å². The Labute approximate surface area is 183 Å². The van der Waals surface area contributed by atoms with Gasteiger partial charge in [0.25, 0.3) is 0 Å². The predicted octanol–water partition coefficient (Wildman–Crippen LogP) is 4.08. The van der Waals surface area contributed by atoms with E-state index in [2.05, 4.69) is 60.8 Å². The number of aliphatic imine (C=N–C) groups is 1. The molecule has 2 N–H and O–H groups in total. The van der Waals surface area contributed by atoms with Crippen molar-refractivity contribution < 1.29 is 4.52 Å². The SMILES string of the molecule is CCc1noc(CC)c1CNC(=NC)NCCc1nc(C(C)(C)C)cs1.I. The molecule has 0 radical (unpaired) electrons. The first kappa shape index (κ1) is 23.9.